The smallest absolute Gasteiger partial charge is 0.331 e. The van der Waals surface area contributed by atoms with E-state index in [1.54, 1.807) is 16.7 Å². The van der Waals surface area contributed by atoms with Crippen LogP contribution in [-0.2, 0) is 14.3 Å². The first-order valence-corrected chi connectivity index (χ1v) is 9.99. The molecular formula is C20H18ClNO3S. The minimum atomic E-state index is -0.612. The molecule has 2 aliphatic rings. The summed E-state index contributed by atoms with van der Waals surface area (Å²) in [5.74, 6) is -0.0871. The van der Waals surface area contributed by atoms with E-state index >= 15 is 0 Å². The third kappa shape index (κ3) is 3.10. The normalized spacial score (nSPS) is 24.3. The fourth-order valence-electron chi connectivity index (χ4n) is 3.46. The summed E-state index contributed by atoms with van der Waals surface area (Å²) in [6.45, 7) is 0. The Bertz CT molecular complexity index is 762. The molecule has 26 heavy (non-hydrogen) atoms. The highest BCUT2D eigenvalue weighted by atomic mass is 35.5. The lowest BCUT2D eigenvalue weighted by Crippen LogP contribution is -2.56. The molecule has 0 saturated carbocycles. The summed E-state index contributed by atoms with van der Waals surface area (Å²) in [7, 11) is 0. The van der Waals surface area contributed by atoms with E-state index < -0.39 is 18.1 Å². The monoisotopic (exact) mass is 387 g/mol. The summed E-state index contributed by atoms with van der Waals surface area (Å²) in [6, 6.07) is 18.6. The molecule has 6 heteroatoms. The molecule has 2 aromatic carbocycles. The lowest BCUT2D eigenvalue weighted by atomic mass is 10.0. The number of hydrogen-bond acceptors (Lipinski definition) is 4. The van der Waals surface area contributed by atoms with E-state index in [9.17, 15) is 9.59 Å². The molecule has 2 fully saturated rings. The zero-order valence-corrected chi connectivity index (χ0v) is 15.5. The molecule has 4 nitrogen and oxygen atoms in total. The summed E-state index contributed by atoms with van der Waals surface area (Å²) < 4.78 is 5.93. The van der Waals surface area contributed by atoms with Gasteiger partial charge in [0.15, 0.2) is 6.10 Å². The Kier molecular flexibility index (Phi) is 4.92. The number of benzene rings is 2. The summed E-state index contributed by atoms with van der Waals surface area (Å²) in [6.07, 6.45) is -0.0378. The Morgan fingerprint density at radius 1 is 1.12 bits per heavy atom. The van der Waals surface area contributed by atoms with E-state index in [-0.39, 0.29) is 16.5 Å². The van der Waals surface area contributed by atoms with Crippen molar-refractivity contribution in [3.05, 3.63) is 71.8 Å². The average molecular weight is 388 g/mol. The van der Waals surface area contributed by atoms with Crippen molar-refractivity contribution < 1.29 is 14.3 Å². The molecule has 0 aliphatic carbocycles. The molecule has 2 heterocycles. The number of nitrogens with zero attached hydrogens (tertiary/aromatic N) is 1. The van der Waals surface area contributed by atoms with Crippen molar-refractivity contribution in [1.29, 1.82) is 0 Å². The van der Waals surface area contributed by atoms with Crippen LogP contribution in [0.1, 0.15) is 23.7 Å². The highest BCUT2D eigenvalue weighted by Crippen LogP contribution is 2.45. The molecule has 2 aliphatic heterocycles. The largest absolute Gasteiger partial charge is 0.451 e. The van der Waals surface area contributed by atoms with E-state index in [2.05, 4.69) is 0 Å². The molecule has 0 N–H and O–H groups in total. The second-order valence-corrected chi connectivity index (χ2v) is 8.10. The standard InChI is InChI=1S/C20H18ClNO3S/c21-12-15-18(22-16(23)11-17(22)26-15)20(24)25-19(13-7-3-1-4-8-13)14-9-5-2-6-10-14/h1-10,15,17-19H,11-12H2/t15-,17+,18?/m0/s1. The van der Waals surface area contributed by atoms with E-state index in [0.717, 1.165) is 11.1 Å². The number of halogens is 1. The number of esters is 1. The zero-order chi connectivity index (χ0) is 18.1. The summed E-state index contributed by atoms with van der Waals surface area (Å²) in [5, 5.41) is -0.0801. The van der Waals surface area contributed by atoms with Crippen molar-refractivity contribution in [3.8, 4) is 0 Å². The van der Waals surface area contributed by atoms with Crippen LogP contribution in [0.25, 0.3) is 0 Å². The van der Waals surface area contributed by atoms with Gasteiger partial charge in [0.2, 0.25) is 5.91 Å². The Morgan fingerprint density at radius 2 is 1.69 bits per heavy atom. The third-order valence-electron chi connectivity index (χ3n) is 4.76. The quantitative estimate of drug-likeness (QED) is 0.447. The van der Waals surface area contributed by atoms with Gasteiger partial charge in [-0.05, 0) is 11.1 Å². The molecule has 1 unspecified atom stereocenters. The number of ether oxygens (including phenoxy) is 1. The van der Waals surface area contributed by atoms with Gasteiger partial charge in [-0.2, -0.15) is 0 Å². The molecule has 3 atom stereocenters. The van der Waals surface area contributed by atoms with Gasteiger partial charge in [-0.15, -0.1) is 23.4 Å². The molecular weight excluding hydrogens is 370 g/mol. The van der Waals surface area contributed by atoms with Crippen LogP contribution < -0.4 is 0 Å². The van der Waals surface area contributed by atoms with Gasteiger partial charge in [0.25, 0.3) is 0 Å². The highest BCUT2D eigenvalue weighted by molar-refractivity contribution is 8.01. The first-order valence-electron chi connectivity index (χ1n) is 8.52. The summed E-state index contributed by atoms with van der Waals surface area (Å²) >= 11 is 7.65. The van der Waals surface area contributed by atoms with Gasteiger partial charge in [-0.1, -0.05) is 60.7 Å². The van der Waals surface area contributed by atoms with Crippen LogP contribution in [0.4, 0.5) is 0 Å². The highest BCUT2D eigenvalue weighted by Gasteiger charge is 2.55. The Labute approximate surface area is 161 Å². The maximum atomic E-state index is 13.0. The van der Waals surface area contributed by atoms with Crippen molar-refractivity contribution in [1.82, 2.24) is 4.90 Å². The van der Waals surface area contributed by atoms with Gasteiger partial charge in [0.05, 0.1) is 17.0 Å². The fraction of sp³-hybridized carbons (Fsp3) is 0.300. The number of carbonyl (C=O) groups excluding carboxylic acids is 2. The first-order chi connectivity index (χ1) is 12.7. The number of thioether (sulfide) groups is 1. The molecule has 0 spiro atoms. The zero-order valence-electron chi connectivity index (χ0n) is 14.0. The second-order valence-electron chi connectivity index (χ2n) is 6.37. The number of hydrogen-bond donors (Lipinski definition) is 0. The van der Waals surface area contributed by atoms with Crippen molar-refractivity contribution in [2.75, 3.05) is 5.88 Å². The van der Waals surface area contributed by atoms with E-state index in [1.807, 2.05) is 60.7 Å². The summed E-state index contributed by atoms with van der Waals surface area (Å²) in [5.41, 5.74) is 1.79. The maximum Gasteiger partial charge on any atom is 0.331 e. The number of fused-ring (bicyclic) bond motifs is 1. The van der Waals surface area contributed by atoms with Crippen LogP contribution in [0, 0.1) is 0 Å². The molecule has 0 bridgehead atoms. The number of alkyl halides is 1. The molecule has 0 radical (unpaired) electrons. The van der Waals surface area contributed by atoms with Crippen molar-refractivity contribution in [3.63, 3.8) is 0 Å². The van der Waals surface area contributed by atoms with Crippen LogP contribution in [-0.4, -0.2) is 39.3 Å². The van der Waals surface area contributed by atoms with Gasteiger partial charge in [0.1, 0.15) is 6.04 Å². The first kappa shape index (κ1) is 17.4. The van der Waals surface area contributed by atoms with E-state index in [1.165, 1.54) is 0 Å². The predicted molar refractivity (Wildman–Crippen MR) is 102 cm³/mol. The number of carbonyl (C=O) groups is 2. The third-order valence-corrected chi connectivity index (χ3v) is 6.76. The van der Waals surface area contributed by atoms with E-state index in [4.69, 9.17) is 16.3 Å². The second kappa shape index (κ2) is 7.33. The van der Waals surface area contributed by atoms with Gasteiger partial charge in [0, 0.05) is 5.88 Å². The Hall–Kier alpha value is -1.98. The van der Waals surface area contributed by atoms with Crippen LogP contribution in [0.2, 0.25) is 0 Å². The molecule has 4 rings (SSSR count). The van der Waals surface area contributed by atoms with Gasteiger partial charge >= 0.3 is 5.97 Å². The van der Waals surface area contributed by atoms with Crippen LogP contribution in [0.15, 0.2) is 60.7 Å². The van der Waals surface area contributed by atoms with Crippen LogP contribution in [0.5, 0.6) is 0 Å². The van der Waals surface area contributed by atoms with Crippen molar-refractivity contribution in [2.24, 2.45) is 0 Å². The summed E-state index contributed by atoms with van der Waals surface area (Å²) in [4.78, 5) is 26.6. The minimum absolute atomic E-state index is 0.00645. The van der Waals surface area contributed by atoms with Crippen LogP contribution >= 0.6 is 23.4 Å². The van der Waals surface area contributed by atoms with Gasteiger partial charge < -0.3 is 9.64 Å². The average Bonchev–Trinajstić information content (AvgIpc) is 2.99. The SMILES string of the molecule is O=C(OC(c1ccccc1)c1ccccc1)C1[C@H](CCl)S[C@@H]2CC(=O)N12. The molecule has 1 amide bonds. The molecule has 2 saturated heterocycles. The minimum Gasteiger partial charge on any atom is -0.451 e. The Morgan fingerprint density at radius 3 is 2.19 bits per heavy atom. The number of amides is 1. The van der Waals surface area contributed by atoms with Gasteiger partial charge in [-0.25, -0.2) is 4.79 Å². The number of rotatable bonds is 5. The lowest BCUT2D eigenvalue weighted by Gasteiger charge is -2.37. The van der Waals surface area contributed by atoms with E-state index in [0.29, 0.717) is 12.3 Å². The lowest BCUT2D eigenvalue weighted by molar-refractivity contribution is -0.162. The van der Waals surface area contributed by atoms with Crippen molar-refractivity contribution >= 4 is 35.2 Å². The Balaban J connectivity index is 1.61. The molecule has 0 aromatic heterocycles. The van der Waals surface area contributed by atoms with Gasteiger partial charge in [-0.3, -0.25) is 4.79 Å². The van der Waals surface area contributed by atoms with Crippen molar-refractivity contribution in [2.45, 2.75) is 29.2 Å². The predicted octanol–water partition coefficient (Wildman–Crippen LogP) is 3.60. The van der Waals surface area contributed by atoms with Crippen LogP contribution in [0.3, 0.4) is 0 Å². The molecule has 2 aromatic rings. The fourth-order valence-corrected chi connectivity index (χ4v) is 5.33. The topological polar surface area (TPSA) is 46.6 Å². The maximum absolute atomic E-state index is 13.0. The number of β-lactam (4-membered cyclic amide) rings is 1. The molecule has 134 valence electrons.